The zero-order valence-electron chi connectivity index (χ0n) is 17.7. The van der Waals surface area contributed by atoms with Crippen LogP contribution in [0.25, 0.3) is 6.08 Å². The van der Waals surface area contributed by atoms with Gasteiger partial charge in [-0.15, -0.1) is 6.42 Å². The van der Waals surface area contributed by atoms with Gasteiger partial charge in [-0.25, -0.2) is 0 Å². The van der Waals surface area contributed by atoms with E-state index in [0.29, 0.717) is 28.5 Å². The lowest BCUT2D eigenvalue weighted by Crippen LogP contribution is -2.36. The third-order valence-electron chi connectivity index (χ3n) is 4.40. The summed E-state index contributed by atoms with van der Waals surface area (Å²) in [5, 5.41) is 2.13. The van der Waals surface area contributed by atoms with Gasteiger partial charge in [-0.05, 0) is 82.4 Å². The summed E-state index contributed by atoms with van der Waals surface area (Å²) in [5.74, 6) is 2.95. The van der Waals surface area contributed by atoms with Crippen LogP contribution in [0.15, 0.2) is 41.3 Å². The third kappa shape index (κ3) is 6.00. The number of rotatable bonds is 8. The number of hydrogen-bond acceptors (Lipinski definition) is 7. The molecular weight excluding hydrogens is 559 g/mol. The van der Waals surface area contributed by atoms with Gasteiger partial charge in [0.2, 0.25) is 5.91 Å². The second-order valence-electron chi connectivity index (χ2n) is 6.57. The first-order valence-electron chi connectivity index (χ1n) is 9.49. The first-order valence-corrected chi connectivity index (χ1v) is 11.4. The number of carbonyl (C=O) groups is 3. The van der Waals surface area contributed by atoms with E-state index in [0.717, 1.165) is 20.2 Å². The Hall–Kier alpha value is -3.17. The fourth-order valence-electron chi connectivity index (χ4n) is 2.88. The molecule has 0 aromatic heterocycles. The van der Waals surface area contributed by atoms with Crippen LogP contribution in [0.3, 0.4) is 0 Å². The minimum absolute atomic E-state index is 0.0865. The Bertz CT molecular complexity index is 1160. The monoisotopic (exact) mass is 578 g/mol. The summed E-state index contributed by atoms with van der Waals surface area (Å²) in [7, 11) is 3.03. The second kappa shape index (κ2) is 11.1. The molecule has 0 aliphatic carbocycles. The third-order valence-corrected chi connectivity index (χ3v) is 6.11. The number of ether oxygens (including phenoxy) is 3. The number of terminal acetylenes is 1. The minimum Gasteiger partial charge on any atom is -0.497 e. The summed E-state index contributed by atoms with van der Waals surface area (Å²) in [6, 6.07) is 10.2. The molecule has 2 aromatic carbocycles. The van der Waals surface area contributed by atoms with Crippen molar-refractivity contribution < 1.29 is 28.6 Å². The zero-order valence-corrected chi connectivity index (χ0v) is 20.7. The Labute approximate surface area is 208 Å². The van der Waals surface area contributed by atoms with Gasteiger partial charge in [0, 0.05) is 5.69 Å². The summed E-state index contributed by atoms with van der Waals surface area (Å²) >= 11 is 2.84. The Morgan fingerprint density at radius 2 is 1.94 bits per heavy atom. The normalized spacial score (nSPS) is 14.2. The number of thioether (sulfide) groups is 1. The second-order valence-corrected chi connectivity index (χ2v) is 8.73. The van der Waals surface area contributed by atoms with Crippen molar-refractivity contribution >= 4 is 63.2 Å². The van der Waals surface area contributed by atoms with Gasteiger partial charge >= 0.3 is 0 Å². The summed E-state index contributed by atoms with van der Waals surface area (Å²) in [6.07, 6.45) is 6.82. The molecule has 0 radical (unpaired) electrons. The van der Waals surface area contributed by atoms with Crippen molar-refractivity contribution in [3.8, 4) is 29.6 Å². The molecule has 1 saturated heterocycles. The molecule has 1 aliphatic heterocycles. The molecule has 33 heavy (non-hydrogen) atoms. The van der Waals surface area contributed by atoms with Crippen LogP contribution in [-0.2, 0) is 9.59 Å². The van der Waals surface area contributed by atoms with Crippen LogP contribution < -0.4 is 19.5 Å². The van der Waals surface area contributed by atoms with Crippen molar-refractivity contribution in [1.82, 2.24) is 4.90 Å². The number of imide groups is 1. The van der Waals surface area contributed by atoms with Crippen LogP contribution in [0.5, 0.6) is 17.2 Å². The number of hydrogen-bond donors (Lipinski definition) is 1. The molecule has 0 bridgehead atoms. The van der Waals surface area contributed by atoms with Crippen LogP contribution in [0, 0.1) is 15.9 Å². The maximum Gasteiger partial charge on any atom is 0.294 e. The average molecular weight is 578 g/mol. The number of carbonyl (C=O) groups excluding carboxylic acids is 3. The van der Waals surface area contributed by atoms with Crippen LogP contribution in [0.2, 0.25) is 0 Å². The van der Waals surface area contributed by atoms with Gasteiger partial charge in [0.1, 0.15) is 18.9 Å². The van der Waals surface area contributed by atoms with Gasteiger partial charge in [0.25, 0.3) is 11.1 Å². The van der Waals surface area contributed by atoms with E-state index in [1.54, 1.807) is 49.6 Å². The van der Waals surface area contributed by atoms with Crippen molar-refractivity contribution in [3.05, 3.63) is 50.4 Å². The number of nitrogens with zero attached hydrogens (tertiary/aromatic N) is 1. The van der Waals surface area contributed by atoms with Gasteiger partial charge < -0.3 is 19.5 Å². The summed E-state index contributed by atoms with van der Waals surface area (Å²) in [4.78, 5) is 38.6. The fraction of sp³-hybridized carbons (Fsp3) is 0.174. The van der Waals surface area contributed by atoms with E-state index in [4.69, 9.17) is 20.6 Å². The van der Waals surface area contributed by atoms with Gasteiger partial charge in [0.15, 0.2) is 11.5 Å². The Morgan fingerprint density at radius 3 is 2.58 bits per heavy atom. The zero-order chi connectivity index (χ0) is 24.0. The van der Waals surface area contributed by atoms with E-state index in [1.165, 1.54) is 7.11 Å². The average Bonchev–Trinajstić information content (AvgIpc) is 3.05. The molecule has 0 saturated carbocycles. The van der Waals surface area contributed by atoms with Gasteiger partial charge in [-0.1, -0.05) is 5.92 Å². The molecule has 3 amide bonds. The first-order chi connectivity index (χ1) is 15.9. The number of amides is 3. The van der Waals surface area contributed by atoms with E-state index in [1.807, 2.05) is 0 Å². The molecule has 10 heteroatoms. The van der Waals surface area contributed by atoms with Crippen molar-refractivity contribution in [2.75, 3.05) is 32.7 Å². The van der Waals surface area contributed by atoms with Crippen LogP contribution in [0.1, 0.15) is 5.56 Å². The summed E-state index contributed by atoms with van der Waals surface area (Å²) in [6.45, 7) is -0.309. The number of nitrogens with one attached hydrogen (secondary N) is 1. The highest BCUT2D eigenvalue weighted by atomic mass is 127. The molecule has 170 valence electrons. The lowest BCUT2D eigenvalue weighted by Gasteiger charge is -2.13. The van der Waals surface area contributed by atoms with E-state index in [9.17, 15) is 14.4 Å². The van der Waals surface area contributed by atoms with Crippen molar-refractivity contribution in [2.24, 2.45) is 0 Å². The quantitative estimate of drug-likeness (QED) is 0.288. The number of halogens is 1. The Kier molecular flexibility index (Phi) is 8.24. The van der Waals surface area contributed by atoms with Gasteiger partial charge in [-0.2, -0.15) is 0 Å². The highest BCUT2D eigenvalue weighted by Crippen LogP contribution is 2.37. The fourth-order valence-corrected chi connectivity index (χ4v) is 4.50. The lowest BCUT2D eigenvalue weighted by atomic mass is 10.2. The molecule has 1 N–H and O–H groups in total. The first kappa shape index (κ1) is 24.5. The molecule has 1 aliphatic rings. The van der Waals surface area contributed by atoms with E-state index < -0.39 is 23.6 Å². The molecule has 8 nitrogen and oxygen atoms in total. The molecule has 1 fully saturated rings. The van der Waals surface area contributed by atoms with Crippen LogP contribution >= 0.6 is 34.4 Å². The molecule has 2 aromatic rings. The number of benzene rings is 2. The SMILES string of the molecule is C#CCOc1c(I)cc(/C=C2/SC(=O)N(CC(=O)Nc3ccc(OC)cc3)C2=O)cc1OC. The summed E-state index contributed by atoms with van der Waals surface area (Å²) in [5.41, 5.74) is 1.16. The Morgan fingerprint density at radius 1 is 1.21 bits per heavy atom. The van der Waals surface area contributed by atoms with Crippen molar-refractivity contribution in [2.45, 2.75) is 0 Å². The number of anilines is 1. The standard InChI is InChI=1S/C23H19IN2O6S/c1-4-9-32-21-17(24)10-14(11-18(21)31-3)12-19-22(28)26(23(29)33-19)13-20(27)25-15-5-7-16(30-2)8-6-15/h1,5-8,10-12H,9,13H2,2-3H3,(H,25,27)/b19-12+. The lowest BCUT2D eigenvalue weighted by molar-refractivity contribution is -0.127. The predicted molar refractivity (Wildman–Crippen MR) is 134 cm³/mol. The van der Waals surface area contributed by atoms with E-state index in [-0.39, 0.29) is 11.5 Å². The Balaban J connectivity index is 1.73. The minimum atomic E-state index is -0.545. The number of methoxy groups -OCH3 is 2. The predicted octanol–water partition coefficient (Wildman–Crippen LogP) is 4.00. The highest BCUT2D eigenvalue weighted by molar-refractivity contribution is 14.1. The molecular formula is C23H19IN2O6S. The van der Waals surface area contributed by atoms with Crippen molar-refractivity contribution in [1.29, 1.82) is 0 Å². The van der Waals surface area contributed by atoms with Crippen LogP contribution in [0.4, 0.5) is 10.5 Å². The largest absolute Gasteiger partial charge is 0.497 e. The van der Waals surface area contributed by atoms with E-state index in [2.05, 4.69) is 33.8 Å². The maximum atomic E-state index is 12.8. The maximum absolute atomic E-state index is 12.8. The molecule has 0 atom stereocenters. The van der Waals surface area contributed by atoms with Crippen LogP contribution in [-0.4, -0.2) is 49.3 Å². The topological polar surface area (TPSA) is 94.2 Å². The van der Waals surface area contributed by atoms with Crippen molar-refractivity contribution in [3.63, 3.8) is 0 Å². The molecule has 3 rings (SSSR count). The molecule has 1 heterocycles. The molecule has 0 spiro atoms. The highest BCUT2D eigenvalue weighted by Gasteiger charge is 2.36. The summed E-state index contributed by atoms with van der Waals surface area (Å²) < 4.78 is 16.7. The smallest absolute Gasteiger partial charge is 0.294 e. The molecule has 0 unspecified atom stereocenters. The van der Waals surface area contributed by atoms with E-state index >= 15 is 0 Å². The van der Waals surface area contributed by atoms with Gasteiger partial charge in [0.05, 0.1) is 22.7 Å². The van der Waals surface area contributed by atoms with Gasteiger partial charge in [-0.3, -0.25) is 19.3 Å².